The molecule has 5 nitrogen and oxygen atoms in total. The van der Waals surface area contributed by atoms with Crippen LogP contribution in [0, 0.1) is 0 Å². The summed E-state index contributed by atoms with van der Waals surface area (Å²) in [6.45, 7) is 1.95. The van der Waals surface area contributed by atoms with Crippen LogP contribution in [0.5, 0.6) is 0 Å². The van der Waals surface area contributed by atoms with Gasteiger partial charge in [-0.25, -0.2) is 0 Å². The molecule has 1 saturated carbocycles. The Bertz CT molecular complexity index is 840. The molecular weight excluding hydrogens is 350 g/mol. The third-order valence-electron chi connectivity index (χ3n) is 5.34. The number of amides is 2. The maximum atomic E-state index is 12.8. The Labute approximate surface area is 166 Å². The summed E-state index contributed by atoms with van der Waals surface area (Å²) in [4.78, 5) is 27.5. The molecule has 2 aromatic carbocycles. The van der Waals surface area contributed by atoms with Gasteiger partial charge >= 0.3 is 0 Å². The molecule has 1 aliphatic heterocycles. The van der Waals surface area contributed by atoms with Gasteiger partial charge in [-0.1, -0.05) is 30.3 Å². The van der Waals surface area contributed by atoms with Crippen molar-refractivity contribution in [1.82, 2.24) is 5.32 Å². The summed E-state index contributed by atoms with van der Waals surface area (Å²) >= 11 is 0. The van der Waals surface area contributed by atoms with Gasteiger partial charge < -0.3 is 15.5 Å². The summed E-state index contributed by atoms with van der Waals surface area (Å²) < 4.78 is 0. The molecule has 1 saturated heterocycles. The Balaban J connectivity index is 1.52. The Hall–Kier alpha value is -2.82. The molecule has 146 valence electrons. The maximum Gasteiger partial charge on any atom is 0.253 e. The molecule has 2 aromatic rings. The number of rotatable bonds is 6. The predicted octanol–water partition coefficient (Wildman–Crippen LogP) is 3.75. The van der Waals surface area contributed by atoms with Crippen molar-refractivity contribution < 1.29 is 9.59 Å². The summed E-state index contributed by atoms with van der Waals surface area (Å²) in [5, 5.41) is 6.04. The minimum absolute atomic E-state index is 0.0396. The van der Waals surface area contributed by atoms with E-state index in [1.807, 2.05) is 48.5 Å². The highest BCUT2D eigenvalue weighted by molar-refractivity contribution is 6.02. The lowest BCUT2D eigenvalue weighted by molar-refractivity contribution is -0.115. The van der Waals surface area contributed by atoms with E-state index < -0.39 is 0 Å². The zero-order chi connectivity index (χ0) is 19.3. The van der Waals surface area contributed by atoms with Gasteiger partial charge in [0.2, 0.25) is 5.91 Å². The second-order valence-corrected chi connectivity index (χ2v) is 7.74. The fraction of sp³-hybridized carbons (Fsp3) is 0.391. The number of nitrogens with zero attached hydrogens (tertiary/aromatic N) is 1. The van der Waals surface area contributed by atoms with E-state index in [4.69, 9.17) is 0 Å². The molecule has 0 spiro atoms. The Morgan fingerprint density at radius 1 is 0.964 bits per heavy atom. The molecule has 2 amide bonds. The van der Waals surface area contributed by atoms with Crippen LogP contribution in [0.2, 0.25) is 0 Å². The highest BCUT2D eigenvalue weighted by atomic mass is 16.2. The topological polar surface area (TPSA) is 61.4 Å². The first-order valence-corrected chi connectivity index (χ1v) is 10.2. The molecule has 0 unspecified atom stereocenters. The third-order valence-corrected chi connectivity index (χ3v) is 5.34. The Kier molecular flexibility index (Phi) is 5.60. The second kappa shape index (κ2) is 8.46. The van der Waals surface area contributed by atoms with Crippen LogP contribution >= 0.6 is 0 Å². The highest BCUT2D eigenvalue weighted by Gasteiger charge is 2.26. The van der Waals surface area contributed by atoms with Crippen molar-refractivity contribution >= 4 is 23.2 Å². The standard InChI is InChI=1S/C23H27N3O2/c27-22(15-17-7-3-1-4-8-17)24-19-11-12-21(26-13-5-2-6-14-26)20(16-19)23(28)25-18-9-10-18/h1,3-4,7-8,11-12,16,18H,2,5-6,9-10,13-15H2,(H,24,27)(H,25,28). The van der Waals surface area contributed by atoms with E-state index >= 15 is 0 Å². The van der Waals surface area contributed by atoms with E-state index in [1.165, 1.54) is 6.42 Å². The summed E-state index contributed by atoms with van der Waals surface area (Å²) in [6.07, 6.45) is 5.97. The monoisotopic (exact) mass is 377 g/mol. The maximum absolute atomic E-state index is 12.8. The van der Waals surface area contributed by atoms with E-state index in [0.717, 1.165) is 50.0 Å². The van der Waals surface area contributed by atoms with Gasteiger partial charge in [0.05, 0.1) is 12.0 Å². The molecule has 0 aromatic heterocycles. The molecule has 0 bridgehead atoms. The van der Waals surface area contributed by atoms with Crippen LogP contribution in [0.15, 0.2) is 48.5 Å². The van der Waals surface area contributed by atoms with Gasteiger partial charge in [0, 0.05) is 30.5 Å². The van der Waals surface area contributed by atoms with Gasteiger partial charge in [-0.05, 0) is 55.9 Å². The second-order valence-electron chi connectivity index (χ2n) is 7.74. The quantitative estimate of drug-likeness (QED) is 0.806. The van der Waals surface area contributed by atoms with Crippen LogP contribution in [0.25, 0.3) is 0 Å². The largest absolute Gasteiger partial charge is 0.371 e. The number of nitrogens with one attached hydrogen (secondary N) is 2. The van der Waals surface area contributed by atoms with E-state index in [9.17, 15) is 9.59 Å². The number of carbonyl (C=O) groups excluding carboxylic acids is 2. The van der Waals surface area contributed by atoms with Crippen molar-refractivity contribution in [2.75, 3.05) is 23.3 Å². The first-order valence-electron chi connectivity index (χ1n) is 10.2. The van der Waals surface area contributed by atoms with E-state index in [1.54, 1.807) is 0 Å². The number of piperidine rings is 1. The lowest BCUT2D eigenvalue weighted by atomic mass is 10.1. The van der Waals surface area contributed by atoms with Crippen molar-refractivity contribution in [3.05, 3.63) is 59.7 Å². The molecule has 2 fully saturated rings. The van der Waals surface area contributed by atoms with Gasteiger partial charge in [0.15, 0.2) is 0 Å². The van der Waals surface area contributed by atoms with Crippen LogP contribution in [0.4, 0.5) is 11.4 Å². The van der Waals surface area contributed by atoms with Crippen LogP contribution in [-0.2, 0) is 11.2 Å². The molecule has 1 heterocycles. The number of anilines is 2. The Morgan fingerprint density at radius 2 is 1.71 bits per heavy atom. The average molecular weight is 377 g/mol. The normalized spacial score (nSPS) is 16.5. The lowest BCUT2D eigenvalue weighted by Gasteiger charge is -2.30. The van der Waals surface area contributed by atoms with Crippen LogP contribution < -0.4 is 15.5 Å². The average Bonchev–Trinajstić information content (AvgIpc) is 3.53. The minimum atomic E-state index is -0.0783. The Morgan fingerprint density at radius 3 is 2.43 bits per heavy atom. The number of hydrogen-bond donors (Lipinski definition) is 2. The molecular formula is C23H27N3O2. The van der Waals surface area contributed by atoms with Crippen LogP contribution in [0.3, 0.4) is 0 Å². The van der Waals surface area contributed by atoms with Crippen molar-refractivity contribution in [2.24, 2.45) is 0 Å². The fourth-order valence-electron chi connectivity index (χ4n) is 3.68. The highest BCUT2D eigenvalue weighted by Crippen LogP contribution is 2.28. The van der Waals surface area contributed by atoms with E-state index in [2.05, 4.69) is 15.5 Å². The molecule has 0 atom stereocenters. The molecule has 28 heavy (non-hydrogen) atoms. The van der Waals surface area contributed by atoms with Gasteiger partial charge in [-0.2, -0.15) is 0 Å². The summed E-state index contributed by atoms with van der Waals surface area (Å²) in [5.41, 5.74) is 3.27. The number of carbonyl (C=O) groups is 2. The van der Waals surface area contributed by atoms with Gasteiger partial charge in [0.25, 0.3) is 5.91 Å². The first-order chi connectivity index (χ1) is 13.7. The molecule has 2 aliphatic rings. The number of hydrogen-bond acceptors (Lipinski definition) is 3. The first kappa shape index (κ1) is 18.5. The summed E-state index contributed by atoms with van der Waals surface area (Å²) in [5.74, 6) is -0.118. The van der Waals surface area contributed by atoms with Crippen LogP contribution in [0.1, 0.15) is 48.0 Å². The lowest BCUT2D eigenvalue weighted by Crippen LogP contribution is -2.33. The fourth-order valence-corrected chi connectivity index (χ4v) is 3.68. The summed E-state index contributed by atoms with van der Waals surface area (Å²) in [7, 11) is 0. The third kappa shape index (κ3) is 4.71. The van der Waals surface area contributed by atoms with Crippen molar-refractivity contribution in [2.45, 2.75) is 44.6 Å². The van der Waals surface area contributed by atoms with Gasteiger partial charge in [0.1, 0.15) is 0 Å². The van der Waals surface area contributed by atoms with E-state index in [0.29, 0.717) is 23.7 Å². The van der Waals surface area contributed by atoms with Crippen molar-refractivity contribution in [3.8, 4) is 0 Å². The zero-order valence-electron chi connectivity index (χ0n) is 16.1. The summed E-state index contributed by atoms with van der Waals surface area (Å²) in [6, 6.07) is 15.7. The van der Waals surface area contributed by atoms with Gasteiger partial charge in [-0.15, -0.1) is 0 Å². The van der Waals surface area contributed by atoms with Crippen molar-refractivity contribution in [3.63, 3.8) is 0 Å². The SMILES string of the molecule is O=C(Cc1ccccc1)Nc1ccc(N2CCCCC2)c(C(=O)NC2CC2)c1. The molecule has 1 aliphatic carbocycles. The van der Waals surface area contributed by atoms with Crippen LogP contribution in [-0.4, -0.2) is 30.9 Å². The van der Waals surface area contributed by atoms with E-state index in [-0.39, 0.29) is 11.8 Å². The van der Waals surface area contributed by atoms with Crippen molar-refractivity contribution in [1.29, 1.82) is 0 Å². The molecule has 5 heteroatoms. The number of benzene rings is 2. The minimum Gasteiger partial charge on any atom is -0.371 e. The molecule has 2 N–H and O–H groups in total. The van der Waals surface area contributed by atoms with Gasteiger partial charge in [-0.3, -0.25) is 9.59 Å². The predicted molar refractivity (Wildman–Crippen MR) is 112 cm³/mol. The molecule has 0 radical (unpaired) electrons. The smallest absolute Gasteiger partial charge is 0.253 e. The zero-order valence-corrected chi connectivity index (χ0v) is 16.1. The molecule has 4 rings (SSSR count).